The van der Waals surface area contributed by atoms with Gasteiger partial charge >= 0.3 is 0 Å². The third-order valence-corrected chi connectivity index (χ3v) is 10.1. The molecule has 0 unspecified atom stereocenters. The predicted octanol–water partition coefficient (Wildman–Crippen LogP) is 7.56. The Morgan fingerprint density at radius 1 is 0.673 bits per heavy atom. The summed E-state index contributed by atoms with van der Waals surface area (Å²) in [5, 5.41) is 18.1. The molecule has 0 aliphatic carbocycles. The van der Waals surface area contributed by atoms with Crippen LogP contribution in [0.2, 0.25) is 0 Å². The number of benzene rings is 4. The van der Waals surface area contributed by atoms with Crippen LogP contribution in [0.1, 0.15) is 32.2 Å². The number of hydrogen-bond donors (Lipinski definition) is 1. The first-order valence-electron chi connectivity index (χ1n) is 16.3. The van der Waals surface area contributed by atoms with Crippen LogP contribution in [-0.4, -0.2) is 64.7 Å². The van der Waals surface area contributed by atoms with Crippen molar-refractivity contribution in [2.24, 2.45) is 5.73 Å². The molecule has 1 amide bonds. The van der Waals surface area contributed by atoms with E-state index in [0.717, 1.165) is 41.9 Å². The van der Waals surface area contributed by atoms with E-state index in [1.165, 1.54) is 14.2 Å². The number of para-hydroxylation sites is 2. The van der Waals surface area contributed by atoms with Gasteiger partial charge in [0.25, 0.3) is 5.91 Å². The number of hydrogen-bond acceptors (Lipinski definition) is 15. The molecule has 0 saturated heterocycles. The first-order chi connectivity index (χ1) is 26.8. The van der Waals surface area contributed by atoms with Gasteiger partial charge in [0, 0.05) is 11.1 Å². The highest BCUT2D eigenvalue weighted by atomic mass is 32.1. The van der Waals surface area contributed by atoms with E-state index in [1.54, 1.807) is 73.3 Å². The van der Waals surface area contributed by atoms with E-state index in [-0.39, 0.29) is 5.56 Å². The quantitative estimate of drug-likeness (QED) is 0.127. The molecule has 0 atom stereocenters. The number of nitrogens with two attached hydrogens (primary N) is 1. The van der Waals surface area contributed by atoms with Gasteiger partial charge in [0.05, 0.1) is 62.8 Å². The number of aromatic nitrogens is 6. The van der Waals surface area contributed by atoms with Crippen LogP contribution in [0.3, 0.4) is 0 Å². The molecule has 0 saturated carbocycles. The van der Waals surface area contributed by atoms with Gasteiger partial charge in [-0.25, -0.2) is 14.8 Å². The van der Waals surface area contributed by atoms with Gasteiger partial charge in [-0.2, -0.15) is 0 Å². The molecular weight excluding hydrogens is 745 g/mol. The van der Waals surface area contributed by atoms with Crippen LogP contribution in [0.25, 0.3) is 48.2 Å². The lowest BCUT2D eigenvalue weighted by Crippen LogP contribution is -2.12. The smallest absolute Gasteiger partial charge is 0.252 e. The number of primary amides is 1. The second-order valence-corrected chi connectivity index (χ2v) is 13.7. The van der Waals surface area contributed by atoms with Gasteiger partial charge in [-0.1, -0.05) is 12.1 Å². The molecule has 2 N–H and O–H groups in total. The van der Waals surface area contributed by atoms with Gasteiger partial charge in [0.15, 0.2) is 0 Å². The van der Waals surface area contributed by atoms with Crippen molar-refractivity contribution >= 4 is 54.7 Å². The summed E-state index contributed by atoms with van der Waals surface area (Å²) in [6, 6.07) is 21.7. The molecule has 0 bridgehead atoms. The summed E-state index contributed by atoms with van der Waals surface area (Å²) in [6.07, 6.45) is 0.829. The number of rotatable bonds is 11. The first kappa shape index (κ1) is 36.5. The topological polar surface area (TPSA) is 188 Å². The molecule has 4 aromatic carbocycles. The van der Waals surface area contributed by atoms with E-state index in [1.807, 2.05) is 36.4 Å². The normalized spacial score (nSPS) is 10.8. The molecule has 0 radical (unpaired) electrons. The van der Waals surface area contributed by atoms with E-state index >= 15 is 0 Å². The highest BCUT2D eigenvalue weighted by Crippen LogP contribution is 2.34. The fourth-order valence-corrected chi connectivity index (χ4v) is 7.46. The number of nitrogens with zero attached hydrogens (tertiary/aromatic N) is 7. The number of fused-ring (bicyclic) bond motifs is 2. The third kappa shape index (κ3) is 7.76. The maximum absolute atomic E-state index is 11.6. The second-order valence-electron chi connectivity index (χ2n) is 11.5. The number of carbonyl (C=O) groups excluding carboxylic acids is 1. The average molecular weight is 775 g/mol. The summed E-state index contributed by atoms with van der Waals surface area (Å²) in [6.45, 7) is 7.25. The molecule has 0 spiro atoms. The van der Waals surface area contributed by atoms with Crippen molar-refractivity contribution < 1.29 is 32.6 Å². The minimum Gasteiger partial charge on any atom is -0.508 e. The lowest BCUT2D eigenvalue weighted by atomic mass is 10.1. The Kier molecular flexibility index (Phi) is 10.6. The zero-order chi connectivity index (χ0) is 38.5. The highest BCUT2D eigenvalue weighted by Gasteiger charge is 2.18. The zero-order valence-corrected chi connectivity index (χ0v) is 31.4. The third-order valence-electron chi connectivity index (χ3n) is 8.09. The largest absolute Gasteiger partial charge is 0.508 e. The number of amides is 1. The molecule has 0 aliphatic heterocycles. The molecule has 4 heterocycles. The van der Waals surface area contributed by atoms with E-state index in [2.05, 4.69) is 35.2 Å². The standard InChI is InChI=1S/C19H16N4O4S.C19H14N4O3S/c1-25-12-7-6-10(8-11(12)18(20)24)19-23-22-15(27-19)9-16-21-17-13(26-2)4-3-5-14(17)28-16;1-20-12-9-11(7-8-13(12)24-2)19-23-22-16(26-19)10-17-21-18-14(25-3)5-4-6-15(18)27-17/h3-8H,9H2,1-2H3,(H2,20,24);4-9H,10H2,2-3H3. The fourth-order valence-electron chi connectivity index (χ4n) is 5.51. The van der Waals surface area contributed by atoms with Crippen LogP contribution in [0, 0.1) is 6.57 Å². The summed E-state index contributed by atoms with van der Waals surface area (Å²) in [7, 11) is 6.25. The van der Waals surface area contributed by atoms with Crippen molar-refractivity contribution in [2.45, 2.75) is 12.8 Å². The van der Waals surface area contributed by atoms with Crippen molar-refractivity contribution in [2.75, 3.05) is 28.4 Å². The van der Waals surface area contributed by atoms with Crippen molar-refractivity contribution in [1.82, 2.24) is 30.4 Å². The Balaban J connectivity index is 0.000000169. The van der Waals surface area contributed by atoms with Crippen molar-refractivity contribution in [3.8, 4) is 45.9 Å². The van der Waals surface area contributed by atoms with E-state index in [9.17, 15) is 4.79 Å². The van der Waals surface area contributed by atoms with Crippen molar-refractivity contribution in [1.29, 1.82) is 0 Å². The van der Waals surface area contributed by atoms with Crippen LogP contribution in [-0.2, 0) is 12.8 Å². The Hall–Kier alpha value is -6.90. The number of thiazole rings is 2. The molecule has 15 nitrogen and oxygen atoms in total. The Morgan fingerprint density at radius 2 is 1.16 bits per heavy atom. The molecule has 276 valence electrons. The van der Waals surface area contributed by atoms with Gasteiger partial charge in [0.2, 0.25) is 29.3 Å². The molecular formula is C38H30N8O7S2. The summed E-state index contributed by atoms with van der Waals surface area (Å²) in [4.78, 5) is 24.3. The molecule has 8 rings (SSSR count). The predicted molar refractivity (Wildman–Crippen MR) is 205 cm³/mol. The summed E-state index contributed by atoms with van der Waals surface area (Å²) >= 11 is 3.10. The van der Waals surface area contributed by atoms with Gasteiger partial charge < -0.3 is 33.5 Å². The zero-order valence-electron chi connectivity index (χ0n) is 29.7. The van der Waals surface area contributed by atoms with Gasteiger partial charge in [0.1, 0.15) is 44.0 Å². The molecule has 55 heavy (non-hydrogen) atoms. The maximum atomic E-state index is 11.6. The van der Waals surface area contributed by atoms with E-state index in [4.69, 9.17) is 40.1 Å². The lowest BCUT2D eigenvalue weighted by molar-refractivity contribution is 0.0997. The summed E-state index contributed by atoms with van der Waals surface area (Å²) in [5.41, 5.74) is 8.94. The molecule has 4 aromatic heterocycles. The minimum atomic E-state index is -0.595. The monoisotopic (exact) mass is 774 g/mol. The lowest BCUT2D eigenvalue weighted by Gasteiger charge is -2.06. The van der Waals surface area contributed by atoms with Crippen LogP contribution >= 0.6 is 22.7 Å². The van der Waals surface area contributed by atoms with E-state index < -0.39 is 5.91 Å². The SMILES string of the molecule is COc1ccc(-c2nnc(Cc3nc4c(OC)cccc4s3)o2)cc1C(N)=O.[C-]#[N+]c1cc(-c2nnc(Cc3nc4c(OC)cccc4s3)o2)ccc1OC. The molecule has 17 heteroatoms. The van der Waals surface area contributed by atoms with Crippen LogP contribution < -0.4 is 24.7 Å². The molecule has 0 fully saturated rings. The highest BCUT2D eigenvalue weighted by molar-refractivity contribution is 7.19. The fraction of sp³-hybridized carbons (Fsp3) is 0.158. The number of carbonyl (C=O) groups is 1. The minimum absolute atomic E-state index is 0.248. The van der Waals surface area contributed by atoms with Gasteiger partial charge in [-0.15, -0.1) is 43.1 Å². The van der Waals surface area contributed by atoms with Crippen molar-refractivity contribution in [3.63, 3.8) is 0 Å². The van der Waals surface area contributed by atoms with Gasteiger partial charge in [-0.3, -0.25) is 4.79 Å². The van der Waals surface area contributed by atoms with Crippen LogP contribution in [0.5, 0.6) is 23.0 Å². The number of ether oxygens (including phenoxy) is 4. The Bertz CT molecular complexity index is 2690. The maximum Gasteiger partial charge on any atom is 0.252 e. The molecule has 0 aliphatic rings. The van der Waals surface area contributed by atoms with Crippen LogP contribution in [0.4, 0.5) is 5.69 Å². The molecule has 8 aromatic rings. The van der Waals surface area contributed by atoms with Crippen LogP contribution in [0.15, 0.2) is 81.6 Å². The van der Waals surface area contributed by atoms with Gasteiger partial charge in [-0.05, 0) is 60.7 Å². The Morgan fingerprint density at radius 3 is 1.64 bits per heavy atom. The Labute approximate surface area is 321 Å². The summed E-state index contributed by atoms with van der Waals surface area (Å²) in [5.74, 6) is 3.30. The summed E-state index contributed by atoms with van der Waals surface area (Å²) < 4.78 is 34.6. The average Bonchev–Trinajstić information content (AvgIpc) is 4.04. The number of methoxy groups -OCH3 is 4. The van der Waals surface area contributed by atoms with E-state index in [0.29, 0.717) is 64.7 Å². The second kappa shape index (κ2) is 16.0. The van der Waals surface area contributed by atoms with Crippen molar-refractivity contribution in [3.05, 3.63) is 112 Å². The first-order valence-corrected chi connectivity index (χ1v) is 18.0.